The molecule has 0 atom stereocenters. The van der Waals surface area contributed by atoms with E-state index in [4.69, 9.17) is 15.6 Å². The van der Waals surface area contributed by atoms with Gasteiger partial charge >= 0.3 is 0 Å². The summed E-state index contributed by atoms with van der Waals surface area (Å²) in [5.41, 5.74) is 1.83. The van der Waals surface area contributed by atoms with E-state index in [0.29, 0.717) is 25.8 Å². The minimum atomic E-state index is -1.07. The second kappa shape index (κ2) is 10.5. The topological polar surface area (TPSA) is 96.3 Å². The number of hydrogen-bond acceptors (Lipinski definition) is 6. The normalized spacial score (nSPS) is 18.6. The van der Waals surface area contributed by atoms with Gasteiger partial charge in [0.25, 0.3) is 0 Å². The van der Waals surface area contributed by atoms with Gasteiger partial charge in [0, 0.05) is 80.6 Å². The van der Waals surface area contributed by atoms with Gasteiger partial charge in [-0.3, -0.25) is 5.41 Å². The summed E-state index contributed by atoms with van der Waals surface area (Å²) in [5, 5.41) is 25.0. The Kier molecular flexibility index (Phi) is 7.75. The second-order valence-corrected chi connectivity index (χ2v) is 7.80. The van der Waals surface area contributed by atoms with Crippen molar-refractivity contribution in [3.05, 3.63) is 46.8 Å². The molecule has 0 aliphatic carbocycles. The number of allylic oxidation sites excluding steroid dienone is 1. The van der Waals surface area contributed by atoms with Crippen molar-refractivity contribution in [2.45, 2.75) is 25.3 Å². The zero-order valence-electron chi connectivity index (χ0n) is 17.9. The molecule has 0 amide bonds. The smallest absolute Gasteiger partial charge is 0.182 e. The van der Waals surface area contributed by atoms with Gasteiger partial charge in [0.1, 0.15) is 5.84 Å². The van der Waals surface area contributed by atoms with Crippen LogP contribution in [-0.2, 0) is 4.74 Å². The molecule has 1 aromatic carbocycles. The molecule has 0 radical (unpaired) electrons. The fraction of sp³-hybridized carbons (Fsp3) is 0.455. The number of nitrogens with zero attached hydrogens (tertiary/aromatic N) is 1. The lowest BCUT2D eigenvalue weighted by Crippen LogP contribution is -2.41. The first-order valence-electron chi connectivity index (χ1n) is 10.4. The number of anilines is 1. The Morgan fingerprint density at radius 2 is 1.97 bits per heavy atom. The molecule has 0 aromatic heterocycles. The van der Waals surface area contributed by atoms with Gasteiger partial charge in [-0.25, -0.2) is 8.78 Å². The van der Waals surface area contributed by atoms with Crippen molar-refractivity contribution in [2.24, 2.45) is 0 Å². The van der Waals surface area contributed by atoms with E-state index in [1.165, 1.54) is 18.3 Å². The fourth-order valence-electron chi connectivity index (χ4n) is 3.81. The van der Waals surface area contributed by atoms with Crippen molar-refractivity contribution in [3.8, 4) is 0 Å². The minimum Gasteiger partial charge on any atom is -0.393 e. The molecule has 5 N–H and O–H groups in total. The largest absolute Gasteiger partial charge is 0.393 e. The first kappa shape index (κ1) is 22.9. The Bertz CT molecular complexity index is 892. The Morgan fingerprint density at radius 1 is 1.23 bits per heavy atom. The molecule has 31 heavy (non-hydrogen) atoms. The van der Waals surface area contributed by atoms with Crippen LogP contribution in [0.15, 0.2) is 29.6 Å². The summed E-state index contributed by atoms with van der Waals surface area (Å²) in [6, 6.07) is 3.10. The number of halogens is 2. The van der Waals surface area contributed by atoms with E-state index in [1.54, 1.807) is 7.05 Å². The van der Waals surface area contributed by atoms with Crippen LogP contribution in [-0.4, -0.2) is 63.4 Å². The number of likely N-dealkylation sites (N-methyl/N-ethyl adjacent to an activating group) is 1. The molecule has 2 aliphatic heterocycles. The lowest BCUT2D eigenvalue weighted by Gasteiger charge is -2.32. The number of hydrogen-bond donors (Lipinski definition) is 5. The Balaban J connectivity index is 1.83. The SMILES string of the molecule is CN/C=C(\C=N)c1ccc(NC(=N)C2=C(NC3CCOCC3)CCN(C)C2)c(F)c1F. The third-order valence-corrected chi connectivity index (χ3v) is 5.55. The highest BCUT2D eigenvalue weighted by molar-refractivity contribution is 6.09. The van der Waals surface area contributed by atoms with Crippen molar-refractivity contribution in [3.63, 3.8) is 0 Å². The summed E-state index contributed by atoms with van der Waals surface area (Å²) in [6.45, 7) is 2.84. The zero-order chi connectivity index (χ0) is 22.4. The first-order chi connectivity index (χ1) is 14.9. The van der Waals surface area contributed by atoms with Gasteiger partial charge < -0.3 is 31.0 Å². The van der Waals surface area contributed by atoms with Gasteiger partial charge in [0.05, 0.1) is 5.69 Å². The van der Waals surface area contributed by atoms with E-state index >= 15 is 0 Å². The summed E-state index contributed by atoms with van der Waals surface area (Å²) in [5.74, 6) is -2.09. The van der Waals surface area contributed by atoms with E-state index in [2.05, 4.69) is 20.9 Å². The molecule has 9 heteroatoms. The molecule has 3 rings (SSSR count). The molecule has 2 aliphatic rings. The Labute approximate surface area is 181 Å². The molecule has 168 valence electrons. The molecule has 7 nitrogen and oxygen atoms in total. The molecule has 0 spiro atoms. The van der Waals surface area contributed by atoms with Crippen LogP contribution in [0.1, 0.15) is 24.8 Å². The summed E-state index contributed by atoms with van der Waals surface area (Å²) in [6.07, 6.45) is 4.96. The highest BCUT2D eigenvalue weighted by Crippen LogP contribution is 2.26. The average Bonchev–Trinajstić information content (AvgIpc) is 2.77. The highest BCUT2D eigenvalue weighted by atomic mass is 19.2. The predicted octanol–water partition coefficient (Wildman–Crippen LogP) is 2.92. The molecular weight excluding hydrogens is 402 g/mol. The number of ether oxygens (including phenoxy) is 1. The Morgan fingerprint density at radius 3 is 2.65 bits per heavy atom. The molecule has 2 heterocycles. The zero-order valence-corrected chi connectivity index (χ0v) is 17.9. The minimum absolute atomic E-state index is 0.0163. The summed E-state index contributed by atoms with van der Waals surface area (Å²) >= 11 is 0. The maximum atomic E-state index is 14.8. The average molecular weight is 433 g/mol. The quantitative estimate of drug-likeness (QED) is 0.337. The van der Waals surface area contributed by atoms with Crippen LogP contribution >= 0.6 is 0 Å². The summed E-state index contributed by atoms with van der Waals surface area (Å²) < 4.78 is 34.8. The molecule has 0 saturated carbocycles. The highest BCUT2D eigenvalue weighted by Gasteiger charge is 2.24. The van der Waals surface area contributed by atoms with Crippen LogP contribution in [0.5, 0.6) is 0 Å². The van der Waals surface area contributed by atoms with Crippen LogP contribution in [0.3, 0.4) is 0 Å². The molecule has 0 unspecified atom stereocenters. The number of nitrogens with one attached hydrogen (secondary N) is 5. The molecule has 1 saturated heterocycles. The third-order valence-electron chi connectivity index (χ3n) is 5.55. The molecule has 0 bridgehead atoms. The fourth-order valence-corrected chi connectivity index (χ4v) is 3.81. The van der Waals surface area contributed by atoms with Crippen LogP contribution in [0.4, 0.5) is 14.5 Å². The van der Waals surface area contributed by atoms with Crippen molar-refractivity contribution >= 4 is 23.3 Å². The van der Waals surface area contributed by atoms with Crippen molar-refractivity contribution in [1.29, 1.82) is 10.8 Å². The van der Waals surface area contributed by atoms with Gasteiger partial charge in [0.2, 0.25) is 0 Å². The van der Waals surface area contributed by atoms with Gasteiger partial charge in [-0.1, -0.05) is 0 Å². The lowest BCUT2D eigenvalue weighted by molar-refractivity contribution is 0.0798. The van der Waals surface area contributed by atoms with E-state index in [-0.39, 0.29) is 22.7 Å². The van der Waals surface area contributed by atoms with Crippen molar-refractivity contribution in [2.75, 3.05) is 45.7 Å². The van der Waals surface area contributed by atoms with E-state index in [0.717, 1.165) is 43.3 Å². The Hall–Kier alpha value is -2.78. The van der Waals surface area contributed by atoms with E-state index in [1.807, 2.05) is 7.05 Å². The molecular formula is C22H30F2N6O. The van der Waals surface area contributed by atoms with Crippen LogP contribution in [0.25, 0.3) is 5.57 Å². The number of rotatable bonds is 7. The van der Waals surface area contributed by atoms with Gasteiger partial charge in [0.15, 0.2) is 11.6 Å². The maximum Gasteiger partial charge on any atom is 0.182 e. The van der Waals surface area contributed by atoms with E-state index < -0.39 is 11.6 Å². The third kappa shape index (κ3) is 5.48. The maximum absolute atomic E-state index is 14.8. The van der Waals surface area contributed by atoms with Crippen LogP contribution in [0.2, 0.25) is 0 Å². The van der Waals surface area contributed by atoms with Crippen LogP contribution < -0.4 is 16.0 Å². The standard InChI is InChI=1S/C22H30F2N6O/c1-27-12-14(11-25)16-3-4-19(21(24)20(16)23)29-22(26)17-13-30(2)8-5-18(17)28-15-6-9-31-10-7-15/h3-4,11-12,15,25,27-28H,5-10,13H2,1-2H3,(H2,26,29)/b14-12+,25-11?. The van der Waals surface area contributed by atoms with E-state index in [9.17, 15) is 8.78 Å². The van der Waals surface area contributed by atoms with Crippen LogP contribution in [0, 0.1) is 22.5 Å². The predicted molar refractivity (Wildman–Crippen MR) is 120 cm³/mol. The van der Waals surface area contributed by atoms with Gasteiger partial charge in [-0.05, 0) is 32.0 Å². The molecule has 1 fully saturated rings. The monoisotopic (exact) mass is 432 g/mol. The number of amidine groups is 1. The van der Waals surface area contributed by atoms with Crippen molar-refractivity contribution in [1.82, 2.24) is 15.5 Å². The molecule has 1 aromatic rings. The lowest BCUT2D eigenvalue weighted by atomic mass is 10.0. The second-order valence-electron chi connectivity index (χ2n) is 7.80. The number of benzene rings is 1. The van der Waals surface area contributed by atoms with Gasteiger partial charge in [-0.15, -0.1) is 0 Å². The van der Waals surface area contributed by atoms with Gasteiger partial charge in [-0.2, -0.15) is 0 Å². The van der Waals surface area contributed by atoms with Crippen molar-refractivity contribution < 1.29 is 13.5 Å². The summed E-state index contributed by atoms with van der Waals surface area (Å²) in [4.78, 5) is 2.10. The first-order valence-corrected chi connectivity index (χ1v) is 10.4. The summed E-state index contributed by atoms with van der Waals surface area (Å²) in [7, 11) is 3.59.